The number of hydrazone groups is 1. The molecule has 0 aliphatic rings. The average Bonchev–Trinajstić information content (AvgIpc) is 2.84. The summed E-state index contributed by atoms with van der Waals surface area (Å²) < 4.78 is 11.0. The van der Waals surface area contributed by atoms with Gasteiger partial charge in [-0.3, -0.25) is 9.59 Å². The zero-order valence-electron chi connectivity index (χ0n) is 18.7. The first kappa shape index (κ1) is 23.5. The van der Waals surface area contributed by atoms with Crippen LogP contribution in [-0.2, 0) is 11.4 Å². The average molecular weight is 446 g/mol. The second-order valence-electron chi connectivity index (χ2n) is 7.34. The van der Waals surface area contributed by atoms with Crippen LogP contribution in [0.25, 0.3) is 0 Å². The van der Waals surface area contributed by atoms with Gasteiger partial charge in [-0.05, 0) is 48.9 Å². The van der Waals surface area contributed by atoms with Gasteiger partial charge in [-0.15, -0.1) is 0 Å². The Morgan fingerprint density at radius 2 is 1.70 bits per heavy atom. The number of ether oxygens (including phenoxy) is 2. The summed E-state index contributed by atoms with van der Waals surface area (Å²) in [6, 6.07) is 22.3. The second-order valence-corrected chi connectivity index (χ2v) is 7.34. The number of amides is 2. The fourth-order valence-corrected chi connectivity index (χ4v) is 2.93. The van der Waals surface area contributed by atoms with Crippen LogP contribution in [0.5, 0.6) is 11.5 Å². The third-order valence-corrected chi connectivity index (χ3v) is 4.82. The lowest BCUT2D eigenvalue weighted by Gasteiger charge is -2.09. The molecule has 3 aromatic carbocycles. The first-order valence-electron chi connectivity index (χ1n) is 10.6. The molecule has 0 atom stereocenters. The number of hydrogen-bond acceptors (Lipinski definition) is 5. The van der Waals surface area contributed by atoms with Crippen molar-refractivity contribution in [2.45, 2.75) is 20.0 Å². The molecule has 2 N–H and O–H groups in total. The summed E-state index contributed by atoms with van der Waals surface area (Å²) in [4.78, 5) is 24.1. The van der Waals surface area contributed by atoms with Crippen molar-refractivity contribution >= 4 is 18.0 Å². The number of methoxy groups -OCH3 is 1. The van der Waals surface area contributed by atoms with E-state index in [1.165, 1.54) is 11.8 Å². The van der Waals surface area contributed by atoms with Crippen LogP contribution in [0, 0.1) is 6.92 Å². The molecule has 7 nitrogen and oxygen atoms in total. The number of nitrogens with zero attached hydrogens (tertiary/aromatic N) is 1. The van der Waals surface area contributed by atoms with Crippen molar-refractivity contribution in [3.8, 4) is 11.5 Å². The molecule has 0 unspecified atom stereocenters. The Kier molecular flexibility index (Phi) is 8.59. The number of hydrogen-bond donors (Lipinski definition) is 2. The Morgan fingerprint density at radius 3 is 2.42 bits per heavy atom. The summed E-state index contributed by atoms with van der Waals surface area (Å²) in [6.07, 6.45) is 1.64. The maximum atomic E-state index is 12.1. The van der Waals surface area contributed by atoms with E-state index < -0.39 is 0 Å². The van der Waals surface area contributed by atoms with Gasteiger partial charge >= 0.3 is 0 Å². The molecule has 0 heterocycles. The highest BCUT2D eigenvalue weighted by atomic mass is 16.5. The lowest BCUT2D eigenvalue weighted by atomic mass is 10.1. The van der Waals surface area contributed by atoms with Crippen LogP contribution >= 0.6 is 0 Å². The molecule has 0 fully saturated rings. The maximum absolute atomic E-state index is 12.1. The van der Waals surface area contributed by atoms with E-state index in [1.54, 1.807) is 31.4 Å². The third kappa shape index (κ3) is 7.50. The lowest BCUT2D eigenvalue weighted by Crippen LogP contribution is -2.29. The Balaban J connectivity index is 1.44. The van der Waals surface area contributed by atoms with Gasteiger partial charge in [-0.25, -0.2) is 5.43 Å². The summed E-state index contributed by atoms with van der Waals surface area (Å²) in [5, 5.41) is 6.72. The zero-order valence-corrected chi connectivity index (χ0v) is 18.7. The number of aryl methyl sites for hydroxylation is 1. The highest BCUT2D eigenvalue weighted by molar-refractivity contribution is 5.94. The van der Waals surface area contributed by atoms with E-state index in [1.807, 2.05) is 55.5 Å². The minimum atomic E-state index is -0.306. The van der Waals surface area contributed by atoms with Crippen molar-refractivity contribution in [1.29, 1.82) is 0 Å². The Morgan fingerprint density at radius 1 is 0.970 bits per heavy atom. The van der Waals surface area contributed by atoms with Gasteiger partial charge in [0.15, 0.2) is 0 Å². The summed E-state index contributed by atoms with van der Waals surface area (Å²) >= 11 is 0. The minimum Gasteiger partial charge on any atom is -0.497 e. The lowest BCUT2D eigenvalue weighted by molar-refractivity contribution is -0.120. The largest absolute Gasteiger partial charge is 0.497 e. The topological polar surface area (TPSA) is 89.0 Å². The summed E-state index contributed by atoms with van der Waals surface area (Å²) in [7, 11) is 1.56. The van der Waals surface area contributed by atoms with Gasteiger partial charge in [-0.2, -0.15) is 5.10 Å². The van der Waals surface area contributed by atoms with Gasteiger partial charge in [0, 0.05) is 24.1 Å². The van der Waals surface area contributed by atoms with Crippen LogP contribution in [0.3, 0.4) is 0 Å². The zero-order chi connectivity index (χ0) is 23.5. The molecule has 0 aliphatic carbocycles. The molecule has 0 radical (unpaired) electrons. The van der Waals surface area contributed by atoms with E-state index in [4.69, 9.17) is 9.47 Å². The number of carbonyl (C=O) groups excluding carboxylic acids is 2. The second kappa shape index (κ2) is 12.0. The number of rotatable bonds is 10. The van der Waals surface area contributed by atoms with Crippen LogP contribution in [-0.4, -0.2) is 31.7 Å². The molecule has 33 heavy (non-hydrogen) atoms. The van der Waals surface area contributed by atoms with Crippen molar-refractivity contribution in [3.05, 3.63) is 95.1 Å². The van der Waals surface area contributed by atoms with E-state index in [0.717, 1.165) is 11.1 Å². The molecule has 0 aromatic heterocycles. The van der Waals surface area contributed by atoms with Crippen LogP contribution < -0.4 is 20.2 Å². The quantitative estimate of drug-likeness (QED) is 0.366. The number of para-hydroxylation sites is 1. The molecule has 0 saturated carbocycles. The van der Waals surface area contributed by atoms with E-state index in [9.17, 15) is 9.59 Å². The van der Waals surface area contributed by atoms with E-state index in [-0.39, 0.29) is 24.8 Å². The van der Waals surface area contributed by atoms with Crippen LogP contribution in [0.2, 0.25) is 0 Å². The Bertz CT molecular complexity index is 1090. The Labute approximate surface area is 193 Å². The predicted molar refractivity (Wildman–Crippen MR) is 128 cm³/mol. The molecule has 0 aliphatic heterocycles. The van der Waals surface area contributed by atoms with Crippen molar-refractivity contribution in [2.24, 2.45) is 5.10 Å². The van der Waals surface area contributed by atoms with Gasteiger partial charge in [0.25, 0.3) is 5.91 Å². The summed E-state index contributed by atoms with van der Waals surface area (Å²) in [5.74, 6) is 0.779. The van der Waals surface area contributed by atoms with Crippen molar-refractivity contribution in [1.82, 2.24) is 10.7 Å². The molecule has 3 rings (SSSR count). The van der Waals surface area contributed by atoms with Crippen molar-refractivity contribution in [2.75, 3.05) is 13.7 Å². The van der Waals surface area contributed by atoms with Crippen LogP contribution in [0.4, 0.5) is 0 Å². The number of benzene rings is 3. The van der Waals surface area contributed by atoms with Gasteiger partial charge in [0.05, 0.1) is 13.3 Å². The highest BCUT2D eigenvalue weighted by Gasteiger charge is 2.07. The molecular formula is C26H27N3O4. The molecule has 170 valence electrons. The van der Waals surface area contributed by atoms with Crippen molar-refractivity contribution < 1.29 is 19.1 Å². The standard InChI is InChI=1S/C26H27N3O4/c1-19-7-9-20(10-8-19)18-33-24-6-4-3-5-22(24)17-28-29-25(30)15-16-27-26(31)21-11-13-23(32-2)14-12-21/h3-14,17H,15-16,18H2,1-2H3,(H,27,31)(H,29,30). The maximum Gasteiger partial charge on any atom is 0.251 e. The third-order valence-electron chi connectivity index (χ3n) is 4.82. The molecular weight excluding hydrogens is 418 g/mol. The highest BCUT2D eigenvalue weighted by Crippen LogP contribution is 2.18. The first-order valence-corrected chi connectivity index (χ1v) is 10.6. The van der Waals surface area contributed by atoms with Crippen LogP contribution in [0.1, 0.15) is 33.5 Å². The molecule has 0 spiro atoms. The predicted octanol–water partition coefficient (Wildman–Crippen LogP) is 3.85. The van der Waals surface area contributed by atoms with Crippen LogP contribution in [0.15, 0.2) is 77.9 Å². The van der Waals surface area contributed by atoms with Crippen molar-refractivity contribution in [3.63, 3.8) is 0 Å². The smallest absolute Gasteiger partial charge is 0.251 e. The molecule has 7 heteroatoms. The summed E-state index contributed by atoms with van der Waals surface area (Å²) in [6.45, 7) is 2.67. The number of nitrogens with one attached hydrogen (secondary N) is 2. The van der Waals surface area contributed by atoms with E-state index >= 15 is 0 Å². The van der Waals surface area contributed by atoms with E-state index in [0.29, 0.717) is 23.7 Å². The monoisotopic (exact) mass is 445 g/mol. The fraction of sp³-hybridized carbons (Fsp3) is 0.192. The van der Waals surface area contributed by atoms with Gasteiger partial charge < -0.3 is 14.8 Å². The normalized spacial score (nSPS) is 10.6. The molecule has 0 saturated heterocycles. The SMILES string of the molecule is COc1ccc(C(=O)NCCC(=O)NN=Cc2ccccc2OCc2ccc(C)cc2)cc1. The first-order chi connectivity index (χ1) is 16.0. The molecule has 2 amide bonds. The molecule has 3 aromatic rings. The van der Waals surface area contributed by atoms with Gasteiger partial charge in [0.2, 0.25) is 5.91 Å². The minimum absolute atomic E-state index is 0.102. The van der Waals surface area contributed by atoms with Gasteiger partial charge in [0.1, 0.15) is 18.1 Å². The number of carbonyl (C=O) groups is 2. The summed E-state index contributed by atoms with van der Waals surface area (Å²) in [5.41, 5.74) is 5.98. The molecule has 0 bridgehead atoms. The van der Waals surface area contributed by atoms with E-state index in [2.05, 4.69) is 15.8 Å². The van der Waals surface area contributed by atoms with Gasteiger partial charge in [-0.1, -0.05) is 42.0 Å². The Hall–Kier alpha value is -4.13. The fourth-order valence-electron chi connectivity index (χ4n) is 2.93.